The van der Waals surface area contributed by atoms with Crippen LogP contribution in [-0.4, -0.2) is 46.1 Å². The van der Waals surface area contributed by atoms with Gasteiger partial charge in [-0.2, -0.15) is 5.10 Å². The molecule has 0 radical (unpaired) electrons. The second-order valence-electron chi connectivity index (χ2n) is 9.22. The smallest absolute Gasteiger partial charge is 0.227 e. The third-order valence-corrected chi connectivity index (χ3v) is 5.81. The fraction of sp³-hybridized carbons (Fsp3) is 0.414. The summed E-state index contributed by atoms with van der Waals surface area (Å²) in [6.07, 6.45) is 3.73. The maximum Gasteiger partial charge on any atom is 0.227 e. The molecule has 0 saturated heterocycles. The monoisotopic (exact) mass is 477 g/mol. The molecule has 2 aromatic carbocycles. The molecule has 6 nitrogen and oxygen atoms in total. The van der Waals surface area contributed by atoms with E-state index in [4.69, 9.17) is 14.6 Å². The van der Waals surface area contributed by atoms with Crippen LogP contribution in [0.2, 0.25) is 0 Å². The number of aliphatic hydroxyl groups excluding tert-OH is 1. The molecule has 35 heavy (non-hydrogen) atoms. The maximum atomic E-state index is 10.7. The van der Waals surface area contributed by atoms with Gasteiger partial charge in [-0.25, -0.2) is 4.68 Å². The summed E-state index contributed by atoms with van der Waals surface area (Å²) in [6, 6.07) is 17.6. The minimum Gasteiger partial charge on any atom is -0.497 e. The molecule has 0 aliphatic rings. The van der Waals surface area contributed by atoms with Crippen LogP contribution in [0.5, 0.6) is 17.4 Å². The van der Waals surface area contributed by atoms with Crippen molar-refractivity contribution in [1.82, 2.24) is 14.7 Å². The number of hydrogen-bond acceptors (Lipinski definition) is 5. The van der Waals surface area contributed by atoms with E-state index >= 15 is 0 Å². The van der Waals surface area contributed by atoms with Gasteiger partial charge in [-0.15, -0.1) is 6.58 Å². The molecule has 0 bridgehead atoms. The number of aromatic nitrogens is 2. The highest BCUT2D eigenvalue weighted by atomic mass is 16.5. The lowest BCUT2D eigenvalue weighted by molar-refractivity contribution is 0.0951. The van der Waals surface area contributed by atoms with Gasteiger partial charge < -0.3 is 14.6 Å². The Morgan fingerprint density at radius 2 is 1.74 bits per heavy atom. The predicted octanol–water partition coefficient (Wildman–Crippen LogP) is 6.02. The van der Waals surface area contributed by atoms with Crippen molar-refractivity contribution in [3.8, 4) is 23.1 Å². The Morgan fingerprint density at radius 1 is 1.06 bits per heavy atom. The molecule has 3 rings (SSSR count). The van der Waals surface area contributed by atoms with Crippen molar-refractivity contribution in [3.63, 3.8) is 0 Å². The van der Waals surface area contributed by atoms with E-state index in [1.165, 1.54) is 0 Å². The fourth-order valence-corrected chi connectivity index (χ4v) is 4.17. The highest BCUT2D eigenvalue weighted by Gasteiger charge is 2.24. The lowest BCUT2D eigenvalue weighted by atomic mass is 10.1. The SMILES string of the molecule is C=CCC[C@@H](O)CN(Cc1c(CC)nn(-c2ccccc2)c1Oc1ccc(OC)cc1)CC(C)C. The van der Waals surface area contributed by atoms with Crippen molar-refractivity contribution in [2.45, 2.75) is 52.7 Å². The van der Waals surface area contributed by atoms with Crippen molar-refractivity contribution in [2.75, 3.05) is 20.2 Å². The van der Waals surface area contributed by atoms with Gasteiger partial charge in [0.15, 0.2) is 0 Å². The predicted molar refractivity (Wildman–Crippen MR) is 142 cm³/mol. The van der Waals surface area contributed by atoms with Gasteiger partial charge in [0.2, 0.25) is 5.88 Å². The molecule has 0 aliphatic heterocycles. The molecule has 1 atom stereocenters. The Labute approximate surface area is 209 Å². The summed E-state index contributed by atoms with van der Waals surface area (Å²) < 4.78 is 13.7. The number of methoxy groups -OCH3 is 1. The zero-order chi connectivity index (χ0) is 25.2. The first-order valence-electron chi connectivity index (χ1n) is 12.4. The molecule has 1 aromatic heterocycles. The minimum absolute atomic E-state index is 0.410. The van der Waals surface area contributed by atoms with Gasteiger partial charge in [0.1, 0.15) is 11.5 Å². The number of nitrogens with zero attached hydrogens (tertiary/aromatic N) is 3. The molecular weight excluding hydrogens is 438 g/mol. The van der Waals surface area contributed by atoms with Gasteiger partial charge in [-0.3, -0.25) is 4.90 Å². The molecular formula is C29H39N3O3. The number of aliphatic hydroxyl groups is 1. The molecule has 0 unspecified atom stereocenters. The van der Waals surface area contributed by atoms with Crippen molar-refractivity contribution in [3.05, 3.63) is 78.5 Å². The summed E-state index contributed by atoms with van der Waals surface area (Å²) in [6.45, 7) is 12.4. The Morgan fingerprint density at radius 3 is 2.34 bits per heavy atom. The third-order valence-electron chi connectivity index (χ3n) is 5.81. The molecule has 1 N–H and O–H groups in total. The van der Waals surface area contributed by atoms with E-state index in [2.05, 4.69) is 32.3 Å². The first-order chi connectivity index (χ1) is 16.9. The summed E-state index contributed by atoms with van der Waals surface area (Å²) in [5, 5.41) is 15.6. The first kappa shape index (κ1) is 26.5. The molecule has 3 aromatic rings. The average Bonchev–Trinajstić information content (AvgIpc) is 3.20. The fourth-order valence-electron chi connectivity index (χ4n) is 4.17. The standard InChI is InChI=1S/C29H39N3O3/c1-6-8-14-24(33)20-31(19-22(3)4)21-27-28(7-2)30-32(23-12-10-9-11-13-23)29(27)35-26-17-15-25(34-5)16-18-26/h6,9-13,15-18,22,24,33H,1,7-8,14,19-21H2,2-5H3/t24-/m1/s1. The Bertz CT molecular complexity index is 1050. The molecule has 0 saturated carbocycles. The molecule has 188 valence electrons. The van der Waals surface area contributed by atoms with Crippen LogP contribution < -0.4 is 9.47 Å². The zero-order valence-corrected chi connectivity index (χ0v) is 21.5. The van der Waals surface area contributed by atoms with Crippen LogP contribution >= 0.6 is 0 Å². The quantitative estimate of drug-likeness (QED) is 0.288. The van der Waals surface area contributed by atoms with Crippen molar-refractivity contribution in [1.29, 1.82) is 0 Å². The van der Waals surface area contributed by atoms with E-state index in [9.17, 15) is 5.11 Å². The minimum atomic E-state index is -0.410. The second-order valence-corrected chi connectivity index (χ2v) is 9.22. The molecule has 0 fully saturated rings. The summed E-state index contributed by atoms with van der Waals surface area (Å²) in [5.41, 5.74) is 2.98. The lowest BCUT2D eigenvalue weighted by Crippen LogP contribution is -2.35. The average molecular weight is 478 g/mol. The van der Waals surface area contributed by atoms with Crippen LogP contribution in [0.4, 0.5) is 0 Å². The molecule has 0 aliphatic carbocycles. The first-order valence-corrected chi connectivity index (χ1v) is 12.4. The van der Waals surface area contributed by atoms with Crippen molar-refractivity contribution in [2.24, 2.45) is 5.92 Å². The molecule has 0 spiro atoms. The van der Waals surface area contributed by atoms with Gasteiger partial charge in [0.25, 0.3) is 0 Å². The van der Waals surface area contributed by atoms with Crippen LogP contribution in [0.15, 0.2) is 67.3 Å². The van der Waals surface area contributed by atoms with E-state index in [1.54, 1.807) is 7.11 Å². The van der Waals surface area contributed by atoms with Gasteiger partial charge in [-0.05, 0) is 61.6 Å². The number of allylic oxidation sites excluding steroid dienone is 1. The topological polar surface area (TPSA) is 59.8 Å². The maximum absolute atomic E-state index is 10.7. The van der Waals surface area contributed by atoms with Crippen LogP contribution in [0.1, 0.15) is 44.9 Å². The highest BCUT2D eigenvalue weighted by Crippen LogP contribution is 2.33. The number of ether oxygens (including phenoxy) is 2. The highest BCUT2D eigenvalue weighted by molar-refractivity contribution is 5.44. The van der Waals surface area contributed by atoms with Crippen LogP contribution in [0.25, 0.3) is 5.69 Å². The second kappa shape index (κ2) is 13.1. The van der Waals surface area contributed by atoms with Gasteiger partial charge in [0.05, 0.1) is 30.2 Å². The van der Waals surface area contributed by atoms with Crippen molar-refractivity contribution < 1.29 is 14.6 Å². The zero-order valence-electron chi connectivity index (χ0n) is 21.5. The number of aryl methyl sites for hydroxylation is 1. The number of para-hydroxylation sites is 1. The van der Waals surface area contributed by atoms with E-state index < -0.39 is 6.10 Å². The van der Waals surface area contributed by atoms with Crippen LogP contribution in [-0.2, 0) is 13.0 Å². The lowest BCUT2D eigenvalue weighted by Gasteiger charge is -2.27. The summed E-state index contributed by atoms with van der Waals surface area (Å²) >= 11 is 0. The van der Waals surface area contributed by atoms with Gasteiger partial charge >= 0.3 is 0 Å². The van der Waals surface area contributed by atoms with E-state index in [1.807, 2.05) is 65.4 Å². The largest absolute Gasteiger partial charge is 0.497 e. The Balaban J connectivity index is 2.01. The Kier molecular flexibility index (Phi) is 9.94. The van der Waals surface area contributed by atoms with E-state index in [0.29, 0.717) is 37.1 Å². The van der Waals surface area contributed by atoms with Gasteiger partial charge in [0, 0.05) is 19.6 Å². The molecule has 6 heteroatoms. The summed E-state index contributed by atoms with van der Waals surface area (Å²) in [7, 11) is 1.65. The van der Waals surface area contributed by atoms with E-state index in [0.717, 1.165) is 42.1 Å². The summed E-state index contributed by atoms with van der Waals surface area (Å²) in [5.74, 6) is 2.66. The third kappa shape index (κ3) is 7.44. The van der Waals surface area contributed by atoms with Crippen LogP contribution in [0.3, 0.4) is 0 Å². The molecule has 0 amide bonds. The van der Waals surface area contributed by atoms with Crippen LogP contribution in [0, 0.1) is 5.92 Å². The number of rotatable bonds is 14. The summed E-state index contributed by atoms with van der Waals surface area (Å²) in [4.78, 5) is 2.31. The van der Waals surface area contributed by atoms with E-state index in [-0.39, 0.29) is 0 Å². The number of benzene rings is 2. The van der Waals surface area contributed by atoms with Gasteiger partial charge in [-0.1, -0.05) is 45.0 Å². The normalized spacial score (nSPS) is 12.2. The Hall–Kier alpha value is -3.09. The molecule has 1 heterocycles. The number of hydrogen-bond donors (Lipinski definition) is 1. The van der Waals surface area contributed by atoms with Crippen molar-refractivity contribution >= 4 is 0 Å².